The number of likely N-dealkylation sites (N-methyl/N-ethyl adjacent to an activating group) is 1. The Kier molecular flexibility index (Phi) is 9.23. The summed E-state index contributed by atoms with van der Waals surface area (Å²) in [7, 11) is 4.08. The first kappa shape index (κ1) is 29.6. The zero-order valence-electron chi connectivity index (χ0n) is 25.5. The van der Waals surface area contributed by atoms with Crippen molar-refractivity contribution in [1.29, 1.82) is 0 Å². The van der Waals surface area contributed by atoms with Gasteiger partial charge >= 0.3 is 0 Å². The monoisotopic (exact) mass is 571 g/mol. The molecular weight excluding hydrogens is 530 g/mol. The van der Waals surface area contributed by atoms with Gasteiger partial charge in [0.05, 0.1) is 23.6 Å². The molecule has 1 aliphatic rings. The average molecular weight is 572 g/mol. The summed E-state index contributed by atoms with van der Waals surface area (Å²) < 4.78 is 0. The maximum atomic E-state index is 5.04. The van der Waals surface area contributed by atoms with Crippen molar-refractivity contribution in [2.75, 3.05) is 50.5 Å². The number of rotatable bonds is 11. The Bertz CT molecular complexity index is 1690. The molecule has 3 N–H and O–H groups in total. The molecule has 0 unspecified atom stereocenters. The van der Waals surface area contributed by atoms with Crippen LogP contribution in [0.5, 0.6) is 0 Å². The molecule has 0 spiro atoms. The highest BCUT2D eigenvalue weighted by Crippen LogP contribution is 2.33. The lowest BCUT2D eigenvalue weighted by Crippen LogP contribution is -2.44. The molecule has 3 heterocycles. The van der Waals surface area contributed by atoms with Gasteiger partial charge in [0.1, 0.15) is 11.3 Å². The molecular formula is C36H41N7. The second kappa shape index (κ2) is 13.4. The molecule has 2 aromatic heterocycles. The smallest absolute Gasteiger partial charge is 0.138 e. The maximum Gasteiger partial charge on any atom is 0.138 e. The zero-order valence-corrected chi connectivity index (χ0v) is 25.5. The number of benzene rings is 2. The minimum absolute atomic E-state index is 0.732. The zero-order chi connectivity index (χ0) is 30.3. The van der Waals surface area contributed by atoms with E-state index in [-0.39, 0.29) is 0 Å². The van der Waals surface area contributed by atoms with Crippen molar-refractivity contribution < 1.29 is 0 Å². The number of nitrogens with one attached hydrogen (secondary N) is 3. The molecule has 2 aromatic carbocycles. The number of nitrogens with zero attached hydrogens (tertiary/aromatic N) is 4. The third-order valence-corrected chi connectivity index (χ3v) is 7.88. The Hall–Kier alpha value is -4.88. The first-order valence-corrected chi connectivity index (χ1v) is 14.7. The first-order valence-electron chi connectivity index (χ1n) is 14.7. The van der Waals surface area contributed by atoms with Gasteiger partial charge in [-0.2, -0.15) is 0 Å². The fraction of sp³-hybridized carbons (Fsp3) is 0.222. The molecule has 5 rings (SSSR count). The number of aromatic nitrogens is 3. The molecule has 1 fully saturated rings. The van der Waals surface area contributed by atoms with Gasteiger partial charge in [0.15, 0.2) is 0 Å². The highest BCUT2D eigenvalue weighted by Gasteiger charge is 2.20. The maximum absolute atomic E-state index is 5.04. The van der Waals surface area contributed by atoms with Crippen LogP contribution in [0.4, 0.5) is 11.4 Å². The van der Waals surface area contributed by atoms with E-state index in [9.17, 15) is 0 Å². The molecule has 220 valence electrons. The van der Waals surface area contributed by atoms with Gasteiger partial charge in [-0.1, -0.05) is 62.2 Å². The number of aromatic amines is 1. The molecule has 0 amide bonds. The van der Waals surface area contributed by atoms with E-state index in [1.54, 1.807) is 0 Å². The molecule has 4 aromatic rings. The van der Waals surface area contributed by atoms with Crippen LogP contribution in [0.3, 0.4) is 0 Å². The summed E-state index contributed by atoms with van der Waals surface area (Å²) in [4.78, 5) is 17.7. The van der Waals surface area contributed by atoms with Crippen molar-refractivity contribution in [2.24, 2.45) is 0 Å². The van der Waals surface area contributed by atoms with E-state index >= 15 is 0 Å². The van der Waals surface area contributed by atoms with E-state index in [0.29, 0.717) is 0 Å². The molecule has 0 bridgehead atoms. The lowest BCUT2D eigenvalue weighted by molar-refractivity contribution is 0.313. The third kappa shape index (κ3) is 6.79. The molecule has 1 aliphatic heterocycles. The summed E-state index contributed by atoms with van der Waals surface area (Å²) in [5.41, 5.74) is 10.8. The van der Waals surface area contributed by atoms with Crippen LogP contribution in [0.25, 0.3) is 22.2 Å². The molecule has 0 saturated carbocycles. The van der Waals surface area contributed by atoms with Crippen LogP contribution in [0.2, 0.25) is 0 Å². The van der Waals surface area contributed by atoms with Crippen molar-refractivity contribution in [1.82, 2.24) is 25.2 Å². The quantitative estimate of drug-likeness (QED) is 0.176. The Morgan fingerprint density at radius 1 is 1.05 bits per heavy atom. The average Bonchev–Trinajstić information content (AvgIpc) is 3.48. The van der Waals surface area contributed by atoms with Gasteiger partial charge in [-0.25, -0.2) is 4.98 Å². The van der Waals surface area contributed by atoms with Crippen LogP contribution in [0, 0.1) is 0 Å². The van der Waals surface area contributed by atoms with E-state index in [4.69, 9.17) is 4.98 Å². The molecule has 0 radical (unpaired) electrons. The molecule has 7 nitrogen and oxygen atoms in total. The number of pyridine rings is 1. The van der Waals surface area contributed by atoms with Crippen LogP contribution in [0.1, 0.15) is 29.4 Å². The third-order valence-electron chi connectivity index (χ3n) is 7.88. The van der Waals surface area contributed by atoms with Crippen LogP contribution in [0.15, 0.2) is 110 Å². The Morgan fingerprint density at radius 3 is 2.51 bits per heavy atom. The van der Waals surface area contributed by atoms with Crippen molar-refractivity contribution in [3.63, 3.8) is 0 Å². The van der Waals surface area contributed by atoms with E-state index < -0.39 is 0 Å². The van der Waals surface area contributed by atoms with Crippen molar-refractivity contribution in [3.8, 4) is 0 Å². The van der Waals surface area contributed by atoms with Gasteiger partial charge in [0.25, 0.3) is 0 Å². The number of H-pyrrole nitrogens is 1. The Labute approximate surface area is 255 Å². The lowest BCUT2D eigenvalue weighted by Gasteiger charge is -2.33. The Balaban J connectivity index is 1.41. The SMILES string of the molecule is C=C/C(=C\C(=C/C)c1ccc(NC)c(C(=C)c2nc3c(N4CCN(C)CC4)cncc3[nH]2)c1)NC(=C)Cc1ccccc1. The predicted molar refractivity (Wildman–Crippen MR) is 182 cm³/mol. The van der Waals surface area contributed by atoms with Gasteiger partial charge in [0.2, 0.25) is 0 Å². The first-order chi connectivity index (χ1) is 20.9. The van der Waals surface area contributed by atoms with Gasteiger partial charge in [0, 0.05) is 67.9 Å². The number of hydrogen-bond donors (Lipinski definition) is 3. The molecule has 0 atom stereocenters. The summed E-state index contributed by atoms with van der Waals surface area (Å²) >= 11 is 0. The number of piperazine rings is 1. The van der Waals surface area contributed by atoms with Crippen LogP contribution < -0.4 is 15.5 Å². The van der Waals surface area contributed by atoms with Crippen molar-refractivity contribution >= 4 is 33.6 Å². The summed E-state index contributed by atoms with van der Waals surface area (Å²) in [5, 5.41) is 6.77. The minimum atomic E-state index is 0.732. The van der Waals surface area contributed by atoms with Crippen LogP contribution in [-0.4, -0.2) is 60.1 Å². The standard InChI is InChI=1S/C36H41N7/c1-7-28(21-30(8-2)39-25(3)20-27-12-10-9-11-13-27)29-14-15-32(37-5)31(22-29)26(4)36-40-33-23-38-24-34(35(33)41-36)43-18-16-42(6)17-19-43/h7-15,21-24,37,39H,2-4,16-20H2,1,5-6H3,(H,40,41)/b28-7+,30-21+. The van der Waals surface area contributed by atoms with Gasteiger partial charge in [-0.05, 0) is 55.0 Å². The highest BCUT2D eigenvalue weighted by molar-refractivity contribution is 5.93. The van der Waals surface area contributed by atoms with Crippen molar-refractivity contribution in [2.45, 2.75) is 13.3 Å². The lowest BCUT2D eigenvalue weighted by atomic mass is 9.96. The number of anilines is 2. The van der Waals surface area contributed by atoms with Gasteiger partial charge in [-0.15, -0.1) is 0 Å². The minimum Gasteiger partial charge on any atom is -0.388 e. The fourth-order valence-electron chi connectivity index (χ4n) is 5.40. The van der Waals surface area contributed by atoms with Gasteiger partial charge in [-0.3, -0.25) is 4.98 Å². The van der Waals surface area contributed by atoms with Crippen LogP contribution in [-0.2, 0) is 6.42 Å². The Morgan fingerprint density at radius 2 is 1.81 bits per heavy atom. The van der Waals surface area contributed by atoms with E-state index in [2.05, 4.69) is 99.7 Å². The molecule has 1 saturated heterocycles. The molecule has 43 heavy (non-hydrogen) atoms. The number of imidazole rings is 1. The highest BCUT2D eigenvalue weighted by atomic mass is 15.3. The molecule has 7 heteroatoms. The second-order valence-corrected chi connectivity index (χ2v) is 10.9. The second-order valence-electron chi connectivity index (χ2n) is 10.9. The summed E-state index contributed by atoms with van der Waals surface area (Å²) in [6.07, 6.45) is 10.5. The largest absolute Gasteiger partial charge is 0.388 e. The summed E-state index contributed by atoms with van der Waals surface area (Å²) in [6.45, 7) is 18.7. The van der Waals surface area contributed by atoms with Crippen LogP contribution >= 0.6 is 0 Å². The summed E-state index contributed by atoms with van der Waals surface area (Å²) in [6, 6.07) is 16.7. The summed E-state index contributed by atoms with van der Waals surface area (Å²) in [5.74, 6) is 0.732. The number of allylic oxidation sites excluding steroid dienone is 5. The predicted octanol–water partition coefficient (Wildman–Crippen LogP) is 6.63. The number of fused-ring (bicyclic) bond motifs is 1. The van der Waals surface area contributed by atoms with E-state index in [0.717, 1.165) is 94.5 Å². The number of hydrogen-bond acceptors (Lipinski definition) is 6. The normalized spacial score (nSPS) is 14.5. The fourth-order valence-corrected chi connectivity index (χ4v) is 5.40. The topological polar surface area (TPSA) is 72.1 Å². The van der Waals surface area contributed by atoms with E-state index in [1.807, 2.05) is 50.6 Å². The van der Waals surface area contributed by atoms with Gasteiger partial charge < -0.3 is 25.4 Å². The van der Waals surface area contributed by atoms with Crippen molar-refractivity contribution in [3.05, 3.63) is 133 Å². The van der Waals surface area contributed by atoms with E-state index in [1.165, 1.54) is 5.56 Å². The molecule has 0 aliphatic carbocycles.